The Morgan fingerprint density at radius 3 is 2.70 bits per heavy atom. The second-order valence-electron chi connectivity index (χ2n) is 7.48. The van der Waals surface area contributed by atoms with E-state index in [0.29, 0.717) is 12.5 Å². The molecule has 156 valence electrons. The Hall–Kier alpha value is -3.53. The number of aliphatic imine (C=N–C) groups is 1. The van der Waals surface area contributed by atoms with Crippen LogP contribution in [0.1, 0.15) is 36.8 Å². The van der Waals surface area contributed by atoms with Gasteiger partial charge in [0.2, 0.25) is 11.9 Å². The minimum atomic E-state index is -0.120. The second-order valence-corrected chi connectivity index (χ2v) is 7.48. The molecule has 1 aliphatic rings. The van der Waals surface area contributed by atoms with Gasteiger partial charge < -0.3 is 15.1 Å². The number of guanidine groups is 1. The molecule has 1 fully saturated rings. The van der Waals surface area contributed by atoms with Crippen LogP contribution in [-0.4, -0.2) is 31.5 Å². The summed E-state index contributed by atoms with van der Waals surface area (Å²) in [5.41, 5.74) is 1.97. The molecule has 1 aromatic carbocycles. The van der Waals surface area contributed by atoms with Gasteiger partial charge in [-0.2, -0.15) is 5.26 Å². The lowest BCUT2D eigenvalue weighted by molar-refractivity contribution is -0.116. The van der Waals surface area contributed by atoms with E-state index in [1.54, 1.807) is 31.7 Å². The van der Waals surface area contributed by atoms with E-state index in [-0.39, 0.29) is 17.4 Å². The van der Waals surface area contributed by atoms with Gasteiger partial charge in [0.1, 0.15) is 0 Å². The maximum Gasteiger partial charge on any atom is 0.244 e. The third-order valence-electron chi connectivity index (χ3n) is 5.64. The number of nitriles is 1. The molecule has 0 atom stereocenters. The minimum Gasteiger partial charge on any atom is -0.472 e. The standard InChI is InChI=1S/C23H27N5O2/c1-25-22(27-17-24)28-20-9-12-23(13-10-20,19-5-3-2-4-6-19)16-26-21(29)8-7-18-11-14-30-15-18/h2-8,11,14-15,20H,9-10,12-13,16H2,1H3,(H,26,29)(H2,25,27,28). The van der Waals surface area contributed by atoms with Crippen molar-refractivity contribution in [2.75, 3.05) is 13.6 Å². The maximum absolute atomic E-state index is 12.4. The number of benzene rings is 1. The first kappa shape index (κ1) is 21.2. The number of nitrogens with one attached hydrogen (secondary N) is 3. The molecule has 7 heteroatoms. The Balaban J connectivity index is 1.65. The molecule has 0 bridgehead atoms. The van der Waals surface area contributed by atoms with Gasteiger partial charge in [0.05, 0.1) is 12.5 Å². The maximum atomic E-state index is 12.4. The van der Waals surface area contributed by atoms with Crippen LogP contribution in [0.5, 0.6) is 0 Å². The second kappa shape index (κ2) is 10.3. The van der Waals surface area contributed by atoms with Crippen LogP contribution >= 0.6 is 0 Å². The van der Waals surface area contributed by atoms with Gasteiger partial charge in [-0.3, -0.25) is 15.1 Å². The summed E-state index contributed by atoms with van der Waals surface area (Å²) in [6, 6.07) is 12.4. The van der Waals surface area contributed by atoms with Crippen molar-refractivity contribution in [1.82, 2.24) is 16.0 Å². The molecule has 1 heterocycles. The number of carbonyl (C=O) groups is 1. The number of rotatable bonds is 6. The Morgan fingerprint density at radius 1 is 1.30 bits per heavy atom. The molecule has 0 unspecified atom stereocenters. The number of nitrogens with zero attached hydrogens (tertiary/aromatic N) is 2. The first-order valence-electron chi connectivity index (χ1n) is 10.1. The molecule has 0 aliphatic heterocycles. The highest BCUT2D eigenvalue weighted by atomic mass is 16.3. The zero-order chi connectivity index (χ0) is 21.2. The first-order valence-corrected chi connectivity index (χ1v) is 10.1. The van der Waals surface area contributed by atoms with Gasteiger partial charge in [-0.25, -0.2) is 0 Å². The number of furan rings is 1. The van der Waals surface area contributed by atoms with Gasteiger partial charge in [0.25, 0.3) is 0 Å². The van der Waals surface area contributed by atoms with Crippen molar-refractivity contribution in [2.24, 2.45) is 4.99 Å². The molecule has 30 heavy (non-hydrogen) atoms. The van der Waals surface area contributed by atoms with Crippen molar-refractivity contribution in [3.8, 4) is 6.19 Å². The van der Waals surface area contributed by atoms with Crippen LogP contribution in [0, 0.1) is 11.5 Å². The highest BCUT2D eigenvalue weighted by Crippen LogP contribution is 2.39. The van der Waals surface area contributed by atoms with Crippen molar-refractivity contribution in [3.63, 3.8) is 0 Å². The fourth-order valence-electron chi connectivity index (χ4n) is 3.93. The number of hydrogen-bond acceptors (Lipinski definition) is 4. The van der Waals surface area contributed by atoms with Gasteiger partial charge in [-0.05, 0) is 43.4 Å². The Bertz CT molecular complexity index is 905. The van der Waals surface area contributed by atoms with E-state index in [9.17, 15) is 4.79 Å². The average Bonchev–Trinajstić information content (AvgIpc) is 3.31. The summed E-state index contributed by atoms with van der Waals surface area (Å²) >= 11 is 0. The van der Waals surface area contributed by atoms with Gasteiger partial charge >= 0.3 is 0 Å². The lowest BCUT2D eigenvalue weighted by atomic mass is 9.68. The van der Waals surface area contributed by atoms with Crippen LogP contribution in [0.3, 0.4) is 0 Å². The van der Waals surface area contributed by atoms with Crippen LogP contribution in [0.2, 0.25) is 0 Å². The summed E-state index contributed by atoms with van der Waals surface area (Å²) in [6.07, 6.45) is 12.0. The van der Waals surface area contributed by atoms with Crippen LogP contribution in [0.25, 0.3) is 6.08 Å². The molecule has 3 N–H and O–H groups in total. The predicted octanol–water partition coefficient (Wildman–Crippen LogP) is 2.94. The summed E-state index contributed by atoms with van der Waals surface area (Å²) in [4.78, 5) is 16.4. The minimum absolute atomic E-state index is 0.120. The average molecular weight is 406 g/mol. The molecular formula is C23H27N5O2. The van der Waals surface area contributed by atoms with Crippen LogP contribution in [-0.2, 0) is 10.2 Å². The molecule has 1 saturated carbocycles. The van der Waals surface area contributed by atoms with Crippen molar-refractivity contribution in [3.05, 3.63) is 66.1 Å². The number of hydrogen-bond donors (Lipinski definition) is 3. The Kier molecular flexibility index (Phi) is 7.28. The third-order valence-corrected chi connectivity index (χ3v) is 5.64. The SMILES string of the molecule is CN=C(NC#N)NC1CCC(CNC(=O)C=Cc2ccoc2)(c2ccccc2)CC1. The highest BCUT2D eigenvalue weighted by molar-refractivity contribution is 5.91. The van der Waals surface area contributed by atoms with E-state index in [1.807, 2.05) is 24.4 Å². The van der Waals surface area contributed by atoms with E-state index in [2.05, 4.69) is 33.1 Å². The van der Waals surface area contributed by atoms with Gasteiger partial charge in [0, 0.05) is 36.7 Å². The highest BCUT2D eigenvalue weighted by Gasteiger charge is 2.37. The van der Waals surface area contributed by atoms with E-state index in [0.717, 1.165) is 31.2 Å². The molecule has 2 aromatic rings. The molecule has 7 nitrogen and oxygen atoms in total. The first-order chi connectivity index (χ1) is 14.6. The Labute approximate surface area is 176 Å². The Morgan fingerprint density at radius 2 is 2.07 bits per heavy atom. The molecule has 1 amide bonds. The van der Waals surface area contributed by atoms with Crippen molar-refractivity contribution in [2.45, 2.75) is 37.1 Å². The summed E-state index contributed by atoms with van der Waals surface area (Å²) in [7, 11) is 1.65. The molecule has 0 spiro atoms. The summed E-state index contributed by atoms with van der Waals surface area (Å²) in [5.74, 6) is 0.373. The number of carbonyl (C=O) groups excluding carboxylic acids is 1. The predicted molar refractivity (Wildman–Crippen MR) is 116 cm³/mol. The zero-order valence-corrected chi connectivity index (χ0v) is 17.1. The molecule has 1 aromatic heterocycles. The molecule has 3 rings (SSSR count). The fraction of sp³-hybridized carbons (Fsp3) is 0.348. The van der Waals surface area contributed by atoms with E-state index < -0.39 is 0 Å². The van der Waals surface area contributed by atoms with Crippen LogP contribution in [0.15, 0.2) is 64.4 Å². The van der Waals surface area contributed by atoms with Crippen LogP contribution < -0.4 is 16.0 Å². The largest absolute Gasteiger partial charge is 0.472 e. The van der Waals surface area contributed by atoms with E-state index in [1.165, 1.54) is 11.6 Å². The van der Waals surface area contributed by atoms with Crippen molar-refractivity contribution >= 4 is 17.9 Å². The lowest BCUT2D eigenvalue weighted by Gasteiger charge is -2.41. The monoisotopic (exact) mass is 405 g/mol. The molecule has 1 aliphatic carbocycles. The van der Waals surface area contributed by atoms with Crippen molar-refractivity contribution < 1.29 is 9.21 Å². The summed E-state index contributed by atoms with van der Waals surface area (Å²) < 4.78 is 5.02. The number of amides is 1. The lowest BCUT2D eigenvalue weighted by Crippen LogP contribution is -2.49. The molecular weight excluding hydrogens is 378 g/mol. The fourth-order valence-corrected chi connectivity index (χ4v) is 3.93. The third kappa shape index (κ3) is 5.51. The van der Waals surface area contributed by atoms with Crippen LogP contribution in [0.4, 0.5) is 0 Å². The van der Waals surface area contributed by atoms with E-state index >= 15 is 0 Å². The molecule has 0 saturated heterocycles. The quantitative estimate of drug-likeness (QED) is 0.225. The molecule has 0 radical (unpaired) electrons. The van der Waals surface area contributed by atoms with Gasteiger partial charge in [0.15, 0.2) is 6.19 Å². The normalized spacial score (nSPS) is 21.7. The summed E-state index contributed by atoms with van der Waals surface area (Å²) in [6.45, 7) is 0.573. The topological polar surface area (TPSA) is 102 Å². The smallest absolute Gasteiger partial charge is 0.244 e. The van der Waals surface area contributed by atoms with Gasteiger partial charge in [-0.15, -0.1) is 0 Å². The van der Waals surface area contributed by atoms with E-state index in [4.69, 9.17) is 9.68 Å². The zero-order valence-electron chi connectivity index (χ0n) is 17.1. The van der Waals surface area contributed by atoms with Crippen molar-refractivity contribution in [1.29, 1.82) is 5.26 Å². The summed E-state index contributed by atoms with van der Waals surface area (Å²) in [5, 5.41) is 17.8. The van der Waals surface area contributed by atoms with Gasteiger partial charge in [-0.1, -0.05) is 30.3 Å².